The molecule has 3 rings (SSSR count). The number of aliphatic hydroxyl groups is 1. The predicted octanol–water partition coefficient (Wildman–Crippen LogP) is 5.34. The van der Waals surface area contributed by atoms with E-state index in [9.17, 15) is 9.90 Å². The van der Waals surface area contributed by atoms with Gasteiger partial charge in [0.1, 0.15) is 19.0 Å². The average molecular weight is 407 g/mol. The van der Waals surface area contributed by atoms with Crippen molar-refractivity contribution in [1.29, 1.82) is 0 Å². The Labute approximate surface area is 178 Å². The van der Waals surface area contributed by atoms with Gasteiger partial charge in [0.05, 0.1) is 0 Å². The molecule has 0 aliphatic heterocycles. The van der Waals surface area contributed by atoms with Gasteiger partial charge in [0.25, 0.3) is 0 Å². The average Bonchev–Trinajstić information content (AvgIpc) is 2.81. The van der Waals surface area contributed by atoms with Crippen LogP contribution in [0.25, 0.3) is 16.7 Å². The lowest BCUT2D eigenvalue weighted by Gasteiger charge is -2.15. The summed E-state index contributed by atoms with van der Waals surface area (Å²) < 4.78 is 10.9. The summed E-state index contributed by atoms with van der Waals surface area (Å²) in [6.45, 7) is 3.95. The Kier molecular flexibility index (Phi) is 8.28. The minimum Gasteiger partial charge on any atom is -0.490 e. The topological polar surface area (TPSA) is 55.8 Å². The molecule has 1 aliphatic carbocycles. The maximum Gasteiger partial charge on any atom is 0.330 e. The van der Waals surface area contributed by atoms with Gasteiger partial charge in [-0.15, -0.1) is 0 Å². The van der Waals surface area contributed by atoms with E-state index in [1.54, 1.807) is 0 Å². The number of ether oxygens (including phenoxy) is 2. The minimum atomic E-state index is -0.457. The summed E-state index contributed by atoms with van der Waals surface area (Å²) >= 11 is 0. The standard InChI is InChI=1S/C26H30O4/c1-2-26(28)30-18-17-29-25-19-24(15-14-23(25)9-6-16-27)22-12-10-21(11-13-22)20-7-4-3-5-8-20/h2,7,10-15,19,27H,1,3-6,8-9,16-18H2. The van der Waals surface area contributed by atoms with Gasteiger partial charge >= 0.3 is 5.97 Å². The van der Waals surface area contributed by atoms with Crippen LogP contribution >= 0.6 is 0 Å². The second kappa shape index (κ2) is 11.4. The monoisotopic (exact) mass is 406 g/mol. The summed E-state index contributed by atoms with van der Waals surface area (Å²) in [6.07, 6.45) is 9.80. The van der Waals surface area contributed by atoms with Crippen LogP contribution in [0.15, 0.2) is 61.2 Å². The molecule has 0 unspecified atom stereocenters. The first-order valence-electron chi connectivity index (χ1n) is 10.7. The molecule has 0 heterocycles. The van der Waals surface area contributed by atoms with Gasteiger partial charge in [-0.3, -0.25) is 0 Å². The molecular weight excluding hydrogens is 376 g/mol. The van der Waals surface area contributed by atoms with E-state index in [4.69, 9.17) is 9.47 Å². The number of carbonyl (C=O) groups excluding carboxylic acids is 1. The molecule has 0 amide bonds. The smallest absolute Gasteiger partial charge is 0.330 e. The third kappa shape index (κ3) is 6.07. The summed E-state index contributed by atoms with van der Waals surface area (Å²) in [4.78, 5) is 11.2. The van der Waals surface area contributed by atoms with Crippen molar-refractivity contribution in [1.82, 2.24) is 0 Å². The van der Waals surface area contributed by atoms with E-state index in [0.717, 1.165) is 41.4 Å². The van der Waals surface area contributed by atoms with E-state index < -0.39 is 5.97 Å². The SMILES string of the molecule is C=CC(=O)OCCOc1cc(-c2ccc(C3=CCCCC3)cc2)ccc1CCCO. The van der Waals surface area contributed by atoms with Crippen LogP contribution in [0, 0.1) is 0 Å². The zero-order chi connectivity index (χ0) is 21.2. The third-order valence-corrected chi connectivity index (χ3v) is 5.30. The second-order valence-corrected chi connectivity index (χ2v) is 7.42. The van der Waals surface area contributed by atoms with Gasteiger partial charge in [-0.25, -0.2) is 4.79 Å². The van der Waals surface area contributed by atoms with Gasteiger partial charge < -0.3 is 14.6 Å². The van der Waals surface area contributed by atoms with Crippen molar-refractivity contribution >= 4 is 11.5 Å². The Morgan fingerprint density at radius 2 is 1.80 bits per heavy atom. The van der Waals surface area contributed by atoms with Gasteiger partial charge in [-0.05, 0) is 72.4 Å². The number of benzene rings is 2. The highest BCUT2D eigenvalue weighted by Gasteiger charge is 2.10. The van der Waals surface area contributed by atoms with Crippen molar-refractivity contribution in [2.75, 3.05) is 19.8 Å². The molecule has 2 aromatic carbocycles. The van der Waals surface area contributed by atoms with Crippen LogP contribution in [-0.4, -0.2) is 30.9 Å². The number of hydrogen-bond donors (Lipinski definition) is 1. The van der Waals surface area contributed by atoms with Crippen molar-refractivity contribution in [2.24, 2.45) is 0 Å². The van der Waals surface area contributed by atoms with E-state index >= 15 is 0 Å². The van der Waals surface area contributed by atoms with Crippen LogP contribution in [0.2, 0.25) is 0 Å². The lowest BCUT2D eigenvalue weighted by Crippen LogP contribution is -2.11. The Balaban J connectivity index is 1.74. The van der Waals surface area contributed by atoms with Crippen LogP contribution in [0.5, 0.6) is 5.75 Å². The Morgan fingerprint density at radius 3 is 2.50 bits per heavy atom. The molecule has 4 nitrogen and oxygen atoms in total. The maximum atomic E-state index is 11.2. The molecule has 158 valence electrons. The van der Waals surface area contributed by atoms with Gasteiger partial charge in [0.15, 0.2) is 0 Å². The molecule has 0 saturated carbocycles. The van der Waals surface area contributed by atoms with Gasteiger partial charge in [0, 0.05) is 12.7 Å². The normalized spacial score (nSPS) is 13.4. The van der Waals surface area contributed by atoms with Crippen molar-refractivity contribution < 1.29 is 19.4 Å². The summed E-state index contributed by atoms with van der Waals surface area (Å²) in [6, 6.07) is 14.9. The van der Waals surface area contributed by atoms with Crippen molar-refractivity contribution in [3.63, 3.8) is 0 Å². The lowest BCUT2D eigenvalue weighted by atomic mass is 9.92. The first-order valence-corrected chi connectivity index (χ1v) is 10.7. The van der Waals surface area contributed by atoms with Crippen molar-refractivity contribution in [3.05, 3.63) is 72.3 Å². The van der Waals surface area contributed by atoms with E-state index in [1.165, 1.54) is 30.4 Å². The predicted molar refractivity (Wildman–Crippen MR) is 120 cm³/mol. The molecule has 0 fully saturated rings. The fourth-order valence-electron chi connectivity index (χ4n) is 3.67. The molecule has 0 saturated heterocycles. The molecule has 0 atom stereocenters. The van der Waals surface area contributed by atoms with Crippen LogP contribution in [-0.2, 0) is 16.0 Å². The highest BCUT2D eigenvalue weighted by molar-refractivity contribution is 5.81. The molecule has 1 aliphatic rings. The number of carbonyl (C=O) groups is 1. The zero-order valence-electron chi connectivity index (χ0n) is 17.4. The van der Waals surface area contributed by atoms with Gasteiger partial charge in [-0.1, -0.05) is 49.1 Å². The highest BCUT2D eigenvalue weighted by Crippen LogP contribution is 2.31. The molecule has 2 aromatic rings. The first-order chi connectivity index (χ1) is 14.7. The van der Waals surface area contributed by atoms with E-state index in [0.29, 0.717) is 6.42 Å². The first kappa shape index (κ1) is 21.8. The highest BCUT2D eigenvalue weighted by atomic mass is 16.6. The maximum absolute atomic E-state index is 11.2. The number of esters is 1. The third-order valence-electron chi connectivity index (χ3n) is 5.30. The van der Waals surface area contributed by atoms with Crippen molar-refractivity contribution in [3.8, 4) is 16.9 Å². The molecule has 0 radical (unpaired) electrons. The van der Waals surface area contributed by atoms with Crippen LogP contribution in [0.1, 0.15) is 43.2 Å². The fraction of sp³-hybridized carbons (Fsp3) is 0.346. The number of aliphatic hydroxyl groups excluding tert-OH is 1. The lowest BCUT2D eigenvalue weighted by molar-refractivity contribution is -0.138. The zero-order valence-corrected chi connectivity index (χ0v) is 17.4. The summed E-state index contributed by atoms with van der Waals surface area (Å²) in [7, 11) is 0. The Hall–Kier alpha value is -2.85. The Morgan fingerprint density at radius 1 is 1.03 bits per heavy atom. The minimum absolute atomic E-state index is 0.134. The molecule has 0 bridgehead atoms. The van der Waals surface area contributed by atoms with E-state index in [-0.39, 0.29) is 19.8 Å². The summed E-state index contributed by atoms with van der Waals surface area (Å²) in [5.41, 5.74) is 5.99. The summed E-state index contributed by atoms with van der Waals surface area (Å²) in [5.74, 6) is 0.302. The number of rotatable bonds is 10. The number of allylic oxidation sites excluding steroid dienone is 2. The molecule has 0 spiro atoms. The molecule has 1 N–H and O–H groups in total. The van der Waals surface area contributed by atoms with Crippen LogP contribution in [0.4, 0.5) is 0 Å². The van der Waals surface area contributed by atoms with Gasteiger partial charge in [-0.2, -0.15) is 0 Å². The molecular formula is C26H30O4. The number of hydrogen-bond acceptors (Lipinski definition) is 4. The largest absolute Gasteiger partial charge is 0.490 e. The van der Waals surface area contributed by atoms with E-state index in [1.807, 2.05) is 12.1 Å². The Bertz CT molecular complexity index is 880. The molecule has 30 heavy (non-hydrogen) atoms. The summed E-state index contributed by atoms with van der Waals surface area (Å²) in [5, 5.41) is 9.17. The van der Waals surface area contributed by atoms with Crippen molar-refractivity contribution in [2.45, 2.75) is 38.5 Å². The quantitative estimate of drug-likeness (QED) is 0.329. The second-order valence-electron chi connectivity index (χ2n) is 7.42. The molecule has 0 aromatic heterocycles. The fourth-order valence-corrected chi connectivity index (χ4v) is 3.67. The number of aryl methyl sites for hydroxylation is 1. The molecule has 4 heteroatoms. The van der Waals surface area contributed by atoms with Crippen LogP contribution in [0.3, 0.4) is 0 Å². The van der Waals surface area contributed by atoms with E-state index in [2.05, 4.69) is 43.0 Å². The van der Waals surface area contributed by atoms with Gasteiger partial charge in [0.2, 0.25) is 0 Å². The van der Waals surface area contributed by atoms with Crippen LogP contribution < -0.4 is 4.74 Å².